The number of alkyl halides is 2. The van der Waals surface area contributed by atoms with Gasteiger partial charge >= 0.3 is 11.9 Å². The Morgan fingerprint density at radius 2 is 1.81 bits per heavy atom. The maximum atomic E-state index is 15.6. The Kier molecular flexibility index (Phi) is 7.04. The summed E-state index contributed by atoms with van der Waals surface area (Å²) in [5, 5.41) is 0. The van der Waals surface area contributed by atoms with E-state index in [4.69, 9.17) is 4.74 Å². The first kappa shape index (κ1) is 27.3. The van der Waals surface area contributed by atoms with Crippen LogP contribution in [0.3, 0.4) is 0 Å². The van der Waals surface area contributed by atoms with Gasteiger partial charge in [-0.05, 0) is 63.8 Å². The van der Waals surface area contributed by atoms with E-state index in [1.807, 2.05) is 4.72 Å². The van der Waals surface area contributed by atoms with E-state index in [-0.39, 0.29) is 29.7 Å². The lowest BCUT2D eigenvalue weighted by atomic mass is 9.91. The molecule has 2 aliphatic rings. The lowest BCUT2D eigenvalue weighted by Gasteiger charge is -2.31. The lowest BCUT2D eigenvalue weighted by Crippen LogP contribution is -2.51. The third-order valence-corrected chi connectivity index (χ3v) is 7.75. The highest BCUT2D eigenvalue weighted by atomic mass is 32.2. The van der Waals surface area contributed by atoms with Gasteiger partial charge in [-0.2, -0.15) is 8.78 Å². The highest BCUT2D eigenvalue weighted by Gasteiger charge is 2.62. The molecule has 2 fully saturated rings. The first-order valence-corrected chi connectivity index (χ1v) is 13.2. The molecule has 1 spiro atoms. The van der Waals surface area contributed by atoms with Gasteiger partial charge in [0, 0.05) is 23.1 Å². The molecule has 2 aromatic rings. The third kappa shape index (κ3) is 5.59. The van der Waals surface area contributed by atoms with Gasteiger partial charge < -0.3 is 9.64 Å². The maximum absolute atomic E-state index is 15.6. The first-order valence-electron chi connectivity index (χ1n) is 11.7. The molecule has 37 heavy (non-hydrogen) atoms. The number of ether oxygens (including phenoxy) is 1. The van der Waals surface area contributed by atoms with Crippen LogP contribution < -0.4 is 4.72 Å². The summed E-state index contributed by atoms with van der Waals surface area (Å²) in [5.74, 6) is -6.22. The molecule has 0 radical (unpaired) electrons. The summed E-state index contributed by atoms with van der Waals surface area (Å²) in [4.78, 5) is 14.3. The van der Waals surface area contributed by atoms with Crippen molar-refractivity contribution in [2.45, 2.75) is 63.5 Å². The van der Waals surface area contributed by atoms with Gasteiger partial charge in [-0.1, -0.05) is 18.2 Å². The summed E-state index contributed by atoms with van der Waals surface area (Å²) in [6.07, 6.45) is -0.143. The van der Waals surface area contributed by atoms with E-state index in [0.29, 0.717) is 12.8 Å². The topological polar surface area (TPSA) is 75.7 Å². The van der Waals surface area contributed by atoms with Crippen molar-refractivity contribution in [3.63, 3.8) is 0 Å². The largest absolute Gasteiger partial charge is 0.444 e. The fourth-order valence-electron chi connectivity index (χ4n) is 4.83. The second kappa shape index (κ2) is 9.54. The highest BCUT2D eigenvalue weighted by Crippen LogP contribution is 2.56. The maximum Gasteiger partial charge on any atom is 0.410 e. The number of likely N-dealkylation sites (tertiary alicyclic amines) is 1. The lowest BCUT2D eigenvalue weighted by molar-refractivity contribution is 0.0213. The molecule has 1 saturated heterocycles. The predicted molar refractivity (Wildman–Crippen MR) is 126 cm³/mol. The number of hydrogen-bond acceptors (Lipinski definition) is 4. The van der Waals surface area contributed by atoms with Crippen LogP contribution in [0.25, 0.3) is 11.1 Å². The van der Waals surface area contributed by atoms with Crippen LogP contribution in [0.4, 0.5) is 26.7 Å². The molecule has 2 atom stereocenters. The zero-order valence-corrected chi connectivity index (χ0v) is 21.2. The van der Waals surface area contributed by atoms with E-state index in [1.54, 1.807) is 20.8 Å². The molecule has 0 aromatic heterocycles. The summed E-state index contributed by atoms with van der Waals surface area (Å²) in [5.41, 5.74) is -2.28. The van der Waals surface area contributed by atoms with Crippen LogP contribution in [-0.4, -0.2) is 49.4 Å². The molecular formula is C25H27F5N2O4S. The van der Waals surface area contributed by atoms with Gasteiger partial charge in [0.25, 0.3) is 10.0 Å². The van der Waals surface area contributed by atoms with Gasteiger partial charge in [-0.15, -0.1) is 0 Å². The third-order valence-electron chi connectivity index (χ3n) is 6.70. The minimum atomic E-state index is -5.04. The average Bonchev–Trinajstić information content (AvgIpc) is 3.50. The molecule has 12 heteroatoms. The summed E-state index contributed by atoms with van der Waals surface area (Å²) >= 11 is 0. The summed E-state index contributed by atoms with van der Waals surface area (Å²) in [6.45, 7) is 4.94. The van der Waals surface area contributed by atoms with E-state index in [9.17, 15) is 30.8 Å². The minimum Gasteiger partial charge on any atom is -0.444 e. The smallest absolute Gasteiger partial charge is 0.410 e. The molecule has 0 unspecified atom stereocenters. The quantitative estimate of drug-likeness (QED) is 0.504. The van der Waals surface area contributed by atoms with Gasteiger partial charge in [-0.3, -0.25) is 0 Å². The minimum absolute atomic E-state index is 0.0290. The molecule has 2 aromatic carbocycles. The van der Waals surface area contributed by atoms with Crippen LogP contribution >= 0.6 is 0 Å². The highest BCUT2D eigenvalue weighted by molar-refractivity contribution is 7.89. The van der Waals surface area contributed by atoms with Crippen LogP contribution in [0.15, 0.2) is 36.4 Å². The number of carbonyl (C=O) groups excluding carboxylic acids is 1. The average molecular weight is 547 g/mol. The number of rotatable bonds is 6. The van der Waals surface area contributed by atoms with Crippen molar-refractivity contribution in [3.8, 4) is 11.1 Å². The van der Waals surface area contributed by atoms with Gasteiger partial charge in [-0.25, -0.2) is 31.1 Å². The second-order valence-corrected chi connectivity index (χ2v) is 12.2. The molecule has 0 bridgehead atoms. The van der Waals surface area contributed by atoms with Crippen molar-refractivity contribution in [1.82, 2.24) is 9.62 Å². The van der Waals surface area contributed by atoms with Crippen LogP contribution in [0, 0.1) is 22.9 Å². The summed E-state index contributed by atoms with van der Waals surface area (Å²) in [6, 6.07) is 4.43. The van der Waals surface area contributed by atoms with Crippen LogP contribution in [0.1, 0.15) is 39.2 Å². The van der Waals surface area contributed by atoms with Crippen molar-refractivity contribution < 1.29 is 39.9 Å². The Morgan fingerprint density at radius 3 is 2.41 bits per heavy atom. The number of benzene rings is 2. The number of halogens is 5. The molecule has 6 nitrogen and oxygen atoms in total. The van der Waals surface area contributed by atoms with Gasteiger partial charge in [0.2, 0.25) is 0 Å². The van der Waals surface area contributed by atoms with Crippen molar-refractivity contribution >= 4 is 16.1 Å². The van der Waals surface area contributed by atoms with Crippen molar-refractivity contribution in [2.75, 3.05) is 6.54 Å². The standard InChI is InChI=1S/C25H27F5N2O4S/c1-24(2,3)36-23(33)32-13-25(9-10-25)21(31-37(34,35)22(29)30)19(32)11-14-5-4-6-16(20(14)28)17-12-15(26)7-8-18(17)27/h4-8,12,19,21-22,31H,9-11,13H2,1-3H3/t19-,21+/m0/s1. The molecule has 1 aliphatic heterocycles. The number of carbonyl (C=O) groups is 1. The van der Waals surface area contributed by atoms with Crippen LogP contribution in [0.5, 0.6) is 0 Å². The van der Waals surface area contributed by atoms with E-state index in [0.717, 1.165) is 18.2 Å². The van der Waals surface area contributed by atoms with Crippen molar-refractivity contribution in [1.29, 1.82) is 0 Å². The zero-order chi connectivity index (χ0) is 27.3. The van der Waals surface area contributed by atoms with E-state index < -0.39 is 62.4 Å². The Bertz CT molecular complexity index is 1310. The number of nitrogens with zero attached hydrogens (tertiary/aromatic N) is 1. The second-order valence-electron chi connectivity index (χ2n) is 10.5. The number of nitrogens with one attached hydrogen (secondary N) is 1. The molecular weight excluding hydrogens is 519 g/mol. The molecule has 202 valence electrons. The van der Waals surface area contributed by atoms with Gasteiger partial charge in [0.1, 0.15) is 23.1 Å². The normalized spacial score (nSPS) is 21.1. The van der Waals surface area contributed by atoms with Crippen LogP contribution in [0.2, 0.25) is 0 Å². The molecule has 1 aliphatic carbocycles. The number of amides is 1. The summed E-state index contributed by atoms with van der Waals surface area (Å²) < 4.78 is 102. The van der Waals surface area contributed by atoms with E-state index in [2.05, 4.69) is 0 Å². The van der Waals surface area contributed by atoms with E-state index >= 15 is 4.39 Å². The Labute approximate surface area is 211 Å². The molecule has 1 heterocycles. The Hall–Kier alpha value is -2.73. The fraction of sp³-hybridized carbons (Fsp3) is 0.480. The first-order chi connectivity index (χ1) is 17.1. The number of sulfonamides is 1. The van der Waals surface area contributed by atoms with Crippen molar-refractivity contribution in [3.05, 3.63) is 59.4 Å². The monoisotopic (exact) mass is 546 g/mol. The van der Waals surface area contributed by atoms with Gasteiger partial charge in [0.15, 0.2) is 0 Å². The number of hydrogen-bond donors (Lipinski definition) is 1. The van der Waals surface area contributed by atoms with Crippen LogP contribution in [-0.2, 0) is 21.2 Å². The van der Waals surface area contributed by atoms with Gasteiger partial charge in [0.05, 0.1) is 12.1 Å². The molecule has 1 amide bonds. The Morgan fingerprint density at radius 1 is 1.14 bits per heavy atom. The molecule has 1 saturated carbocycles. The molecule has 4 rings (SSSR count). The fourth-order valence-corrected chi connectivity index (χ4v) is 5.69. The predicted octanol–water partition coefficient (Wildman–Crippen LogP) is 5.22. The summed E-state index contributed by atoms with van der Waals surface area (Å²) in [7, 11) is -5.04. The van der Waals surface area contributed by atoms with Crippen molar-refractivity contribution in [2.24, 2.45) is 5.41 Å². The Balaban J connectivity index is 1.75. The SMILES string of the molecule is CC(C)(C)OC(=O)N1CC2(CC2)[C@H](NS(=O)(=O)C(F)F)[C@@H]1Cc1cccc(-c2cc(F)ccc2F)c1F. The molecule has 1 N–H and O–H groups in total. The van der Waals surface area contributed by atoms with E-state index in [1.165, 1.54) is 23.1 Å². The zero-order valence-electron chi connectivity index (χ0n) is 20.4.